The minimum Gasteiger partial charge on any atom is -1.00 e. The SMILES string of the molecule is CCS(=O)Oc1ccccc1.[H-].[Na+]. The standard InChI is InChI=1S/C8H10O2S.Na.H/c1-2-11(9)10-8-6-4-3-5-7-8;;/h3-7H,2H2,1H3;;/q;+1;-1. The molecule has 0 bridgehead atoms. The van der Waals surface area contributed by atoms with E-state index in [0.29, 0.717) is 11.5 Å². The van der Waals surface area contributed by atoms with Crippen molar-refractivity contribution in [2.45, 2.75) is 6.92 Å². The predicted octanol–water partition coefficient (Wildman–Crippen LogP) is -1.13. The molecule has 1 unspecified atom stereocenters. The zero-order chi connectivity index (χ0) is 8.10. The van der Waals surface area contributed by atoms with Crippen LogP contribution >= 0.6 is 0 Å². The Hall–Kier alpha value is 0.170. The first-order valence-corrected chi connectivity index (χ1v) is 4.69. The Bertz CT molecular complexity index is 243. The van der Waals surface area contributed by atoms with Gasteiger partial charge in [0.15, 0.2) is 0 Å². The third-order valence-electron chi connectivity index (χ3n) is 1.17. The Morgan fingerprint density at radius 3 is 2.50 bits per heavy atom. The molecule has 0 aliphatic rings. The van der Waals surface area contributed by atoms with E-state index in [0.717, 1.165) is 0 Å². The van der Waals surface area contributed by atoms with Gasteiger partial charge in [0.05, 0.1) is 5.75 Å². The molecule has 1 rings (SSSR count). The molecule has 0 spiro atoms. The second-order valence-corrected chi connectivity index (χ2v) is 3.34. The fraction of sp³-hybridized carbons (Fsp3) is 0.250. The summed E-state index contributed by atoms with van der Waals surface area (Å²) in [4.78, 5) is 0. The van der Waals surface area contributed by atoms with Gasteiger partial charge in [-0.05, 0) is 12.1 Å². The normalized spacial score (nSPS) is 11.4. The van der Waals surface area contributed by atoms with Crippen LogP contribution in [0.25, 0.3) is 0 Å². The maximum Gasteiger partial charge on any atom is 1.00 e. The zero-order valence-corrected chi connectivity index (χ0v) is 10.1. The van der Waals surface area contributed by atoms with Crippen LogP contribution in [0.2, 0.25) is 0 Å². The summed E-state index contributed by atoms with van der Waals surface area (Å²) in [6.45, 7) is 1.82. The van der Waals surface area contributed by atoms with Gasteiger partial charge >= 0.3 is 29.6 Å². The fourth-order valence-electron chi connectivity index (χ4n) is 0.642. The van der Waals surface area contributed by atoms with Gasteiger partial charge in [-0.2, -0.15) is 0 Å². The minimum atomic E-state index is -1.18. The first-order chi connectivity index (χ1) is 5.33. The molecule has 4 heteroatoms. The van der Waals surface area contributed by atoms with Crippen LogP contribution < -0.4 is 33.7 Å². The van der Waals surface area contributed by atoms with Crippen LogP contribution in [0, 0.1) is 0 Å². The average Bonchev–Trinajstić information content (AvgIpc) is 2.06. The molecule has 0 fully saturated rings. The second kappa shape index (κ2) is 6.66. The molecule has 12 heavy (non-hydrogen) atoms. The molecule has 0 radical (unpaired) electrons. The molecule has 0 saturated heterocycles. The van der Waals surface area contributed by atoms with Gasteiger partial charge in [0.1, 0.15) is 5.75 Å². The number of para-hydroxylation sites is 1. The van der Waals surface area contributed by atoms with E-state index in [1.165, 1.54) is 0 Å². The Balaban J connectivity index is 0. The van der Waals surface area contributed by atoms with Gasteiger partial charge < -0.3 is 5.61 Å². The molecule has 0 N–H and O–H groups in total. The van der Waals surface area contributed by atoms with Crippen LogP contribution in [0.15, 0.2) is 30.3 Å². The second-order valence-electron chi connectivity index (χ2n) is 1.99. The number of benzene rings is 1. The summed E-state index contributed by atoms with van der Waals surface area (Å²) in [6, 6.07) is 9.16. The molecule has 2 nitrogen and oxygen atoms in total. The molecule has 0 aromatic heterocycles. The van der Waals surface area contributed by atoms with E-state index in [2.05, 4.69) is 0 Å². The molecular weight excluding hydrogens is 183 g/mol. The maximum absolute atomic E-state index is 10.9. The van der Waals surface area contributed by atoms with Crippen molar-refractivity contribution < 1.29 is 39.4 Å². The van der Waals surface area contributed by atoms with E-state index in [9.17, 15) is 4.21 Å². The zero-order valence-electron chi connectivity index (χ0n) is 8.32. The minimum absolute atomic E-state index is 0. The van der Waals surface area contributed by atoms with E-state index in [4.69, 9.17) is 4.18 Å². The van der Waals surface area contributed by atoms with E-state index in [1.807, 2.05) is 25.1 Å². The van der Waals surface area contributed by atoms with Gasteiger partial charge in [0.25, 0.3) is 0 Å². The first kappa shape index (κ1) is 12.2. The van der Waals surface area contributed by atoms with E-state index < -0.39 is 11.1 Å². The van der Waals surface area contributed by atoms with Crippen LogP contribution in [0.3, 0.4) is 0 Å². The number of hydrogen-bond donors (Lipinski definition) is 0. The van der Waals surface area contributed by atoms with Crippen LogP contribution in [0.4, 0.5) is 0 Å². The molecule has 62 valence electrons. The van der Waals surface area contributed by atoms with Gasteiger partial charge in [0, 0.05) is 0 Å². The van der Waals surface area contributed by atoms with Gasteiger partial charge in [0.2, 0.25) is 11.1 Å². The van der Waals surface area contributed by atoms with Crippen LogP contribution in [-0.4, -0.2) is 9.96 Å². The van der Waals surface area contributed by atoms with E-state index in [1.54, 1.807) is 12.1 Å². The average molecular weight is 194 g/mol. The van der Waals surface area contributed by atoms with Crippen molar-refractivity contribution >= 4 is 11.1 Å². The molecule has 0 heterocycles. The van der Waals surface area contributed by atoms with Gasteiger partial charge in [-0.1, -0.05) is 25.1 Å². The summed E-state index contributed by atoms with van der Waals surface area (Å²) < 4.78 is 15.9. The van der Waals surface area contributed by atoms with Crippen molar-refractivity contribution in [2.75, 3.05) is 5.75 Å². The molecule has 1 atom stereocenters. The van der Waals surface area contributed by atoms with Gasteiger partial charge in [-0.3, -0.25) is 0 Å². The molecule has 1 aromatic rings. The number of hydrogen-bond acceptors (Lipinski definition) is 2. The van der Waals surface area contributed by atoms with Gasteiger partial charge in [-0.25, -0.2) is 4.21 Å². The molecule has 0 amide bonds. The van der Waals surface area contributed by atoms with E-state index >= 15 is 0 Å². The van der Waals surface area contributed by atoms with Crippen molar-refractivity contribution in [1.82, 2.24) is 0 Å². The summed E-state index contributed by atoms with van der Waals surface area (Å²) in [6.07, 6.45) is 0. The largest absolute Gasteiger partial charge is 1.00 e. The van der Waals surface area contributed by atoms with Crippen molar-refractivity contribution in [2.24, 2.45) is 0 Å². The van der Waals surface area contributed by atoms with Gasteiger partial charge in [-0.15, -0.1) is 0 Å². The summed E-state index contributed by atoms with van der Waals surface area (Å²) in [5.41, 5.74) is 0. The molecule has 0 saturated carbocycles. The monoisotopic (exact) mass is 194 g/mol. The Morgan fingerprint density at radius 1 is 1.42 bits per heavy atom. The van der Waals surface area contributed by atoms with Crippen LogP contribution in [-0.2, 0) is 11.1 Å². The molecule has 0 aliphatic carbocycles. The molecule has 0 aliphatic heterocycles. The Morgan fingerprint density at radius 2 is 2.00 bits per heavy atom. The summed E-state index contributed by atoms with van der Waals surface area (Å²) in [7, 11) is 0. The third kappa shape index (κ3) is 4.26. The number of rotatable bonds is 3. The van der Waals surface area contributed by atoms with Crippen molar-refractivity contribution in [3.8, 4) is 5.75 Å². The smallest absolute Gasteiger partial charge is 1.00 e. The predicted molar refractivity (Wildman–Crippen MR) is 46.9 cm³/mol. The summed E-state index contributed by atoms with van der Waals surface area (Å²) in [5, 5.41) is 0. The van der Waals surface area contributed by atoms with Crippen molar-refractivity contribution in [3.05, 3.63) is 30.3 Å². The third-order valence-corrected chi connectivity index (χ3v) is 2.02. The topological polar surface area (TPSA) is 26.3 Å². The summed E-state index contributed by atoms with van der Waals surface area (Å²) in [5.74, 6) is 1.18. The van der Waals surface area contributed by atoms with Crippen molar-refractivity contribution in [1.29, 1.82) is 0 Å². The molecule has 1 aromatic carbocycles. The fourth-order valence-corrected chi connectivity index (χ4v) is 1.09. The van der Waals surface area contributed by atoms with Crippen LogP contribution in [0.5, 0.6) is 5.75 Å². The quantitative estimate of drug-likeness (QED) is 0.569. The van der Waals surface area contributed by atoms with Crippen molar-refractivity contribution in [3.63, 3.8) is 0 Å². The maximum atomic E-state index is 10.9. The van der Waals surface area contributed by atoms with E-state index in [-0.39, 0.29) is 31.0 Å². The first-order valence-electron chi connectivity index (χ1n) is 3.44. The Labute approximate surface area is 98.8 Å². The summed E-state index contributed by atoms with van der Waals surface area (Å²) >= 11 is -1.18. The van der Waals surface area contributed by atoms with Crippen LogP contribution in [0.1, 0.15) is 8.35 Å². The molecular formula is C8H11NaO2S. The Kier molecular flexibility index (Phi) is 6.76.